The second kappa shape index (κ2) is 5.97. The number of aliphatic carboxylic acids is 1. The van der Waals surface area contributed by atoms with Crippen LogP contribution in [0.1, 0.15) is 23.0 Å². The van der Waals surface area contributed by atoms with Crippen molar-refractivity contribution in [3.8, 4) is 0 Å². The zero-order valence-corrected chi connectivity index (χ0v) is 12.0. The van der Waals surface area contributed by atoms with Crippen LogP contribution in [-0.2, 0) is 11.3 Å². The average molecular weight is 290 g/mol. The molecular formula is C15H18N2O4. The fraction of sp³-hybridized carbons (Fsp3) is 0.333. The minimum atomic E-state index is -1.31. The van der Waals surface area contributed by atoms with Crippen molar-refractivity contribution >= 4 is 22.8 Å². The summed E-state index contributed by atoms with van der Waals surface area (Å²) < 4.78 is 1.84. The summed E-state index contributed by atoms with van der Waals surface area (Å²) in [6, 6.07) is 6.33. The van der Waals surface area contributed by atoms with E-state index in [9.17, 15) is 9.59 Å². The van der Waals surface area contributed by atoms with Crippen LogP contribution in [0.2, 0.25) is 0 Å². The number of aryl methyl sites for hydroxylation is 2. The number of carboxylic acids is 1. The molecule has 0 bridgehead atoms. The SMILES string of the molecule is CCn1c(C(=O)NC(CO)C(=O)O)c(C)c2ccccc21. The molecule has 6 nitrogen and oxygen atoms in total. The molecule has 0 radical (unpaired) electrons. The van der Waals surface area contributed by atoms with Crippen LogP contribution in [0.3, 0.4) is 0 Å². The third-order valence-corrected chi connectivity index (χ3v) is 3.54. The number of rotatable bonds is 5. The van der Waals surface area contributed by atoms with Gasteiger partial charge in [-0.2, -0.15) is 0 Å². The van der Waals surface area contributed by atoms with Gasteiger partial charge in [-0.1, -0.05) is 18.2 Å². The predicted molar refractivity (Wildman–Crippen MR) is 78.3 cm³/mol. The van der Waals surface area contributed by atoms with Crippen molar-refractivity contribution in [3.05, 3.63) is 35.5 Å². The van der Waals surface area contributed by atoms with Gasteiger partial charge < -0.3 is 20.1 Å². The van der Waals surface area contributed by atoms with E-state index in [1.54, 1.807) is 0 Å². The minimum Gasteiger partial charge on any atom is -0.480 e. The number of nitrogens with zero attached hydrogens (tertiary/aromatic N) is 1. The Morgan fingerprint density at radius 2 is 2.00 bits per heavy atom. The summed E-state index contributed by atoms with van der Waals surface area (Å²) in [7, 11) is 0. The van der Waals surface area contributed by atoms with Crippen molar-refractivity contribution in [1.29, 1.82) is 0 Å². The Bertz CT molecular complexity index is 690. The molecule has 0 spiro atoms. The summed E-state index contributed by atoms with van der Waals surface area (Å²) in [6.45, 7) is 3.70. The third-order valence-electron chi connectivity index (χ3n) is 3.54. The van der Waals surface area contributed by atoms with E-state index in [4.69, 9.17) is 10.2 Å². The van der Waals surface area contributed by atoms with Crippen LogP contribution in [0.5, 0.6) is 0 Å². The normalized spacial score (nSPS) is 12.3. The Balaban J connectivity index is 2.48. The number of hydrogen-bond acceptors (Lipinski definition) is 3. The van der Waals surface area contributed by atoms with Crippen molar-refractivity contribution < 1.29 is 19.8 Å². The molecule has 0 aliphatic heterocycles. The first kappa shape index (κ1) is 15.1. The van der Waals surface area contributed by atoms with Gasteiger partial charge in [-0.15, -0.1) is 0 Å². The molecule has 0 saturated heterocycles. The van der Waals surface area contributed by atoms with Gasteiger partial charge in [-0.25, -0.2) is 4.79 Å². The average Bonchev–Trinajstić information content (AvgIpc) is 2.77. The third kappa shape index (κ3) is 2.62. The van der Waals surface area contributed by atoms with E-state index in [-0.39, 0.29) is 0 Å². The lowest BCUT2D eigenvalue weighted by Crippen LogP contribution is -2.44. The molecule has 1 heterocycles. The molecule has 1 aromatic heterocycles. The van der Waals surface area contributed by atoms with E-state index < -0.39 is 24.5 Å². The van der Waals surface area contributed by atoms with Gasteiger partial charge in [0, 0.05) is 17.4 Å². The van der Waals surface area contributed by atoms with E-state index in [1.165, 1.54) is 0 Å². The molecule has 1 unspecified atom stereocenters. The first-order chi connectivity index (χ1) is 10.0. The van der Waals surface area contributed by atoms with Crippen LogP contribution >= 0.6 is 0 Å². The lowest BCUT2D eigenvalue weighted by atomic mass is 10.1. The van der Waals surface area contributed by atoms with Crippen LogP contribution in [0.4, 0.5) is 0 Å². The van der Waals surface area contributed by atoms with E-state index in [2.05, 4.69) is 5.32 Å². The standard InChI is InChI=1S/C15H18N2O4/c1-3-17-12-7-5-4-6-10(12)9(2)13(17)14(19)16-11(8-18)15(20)21/h4-7,11,18H,3,8H2,1-2H3,(H,16,19)(H,20,21). The van der Waals surface area contributed by atoms with Crippen molar-refractivity contribution in [2.75, 3.05) is 6.61 Å². The summed E-state index contributed by atoms with van der Waals surface area (Å²) in [5.74, 6) is -1.75. The number of fused-ring (bicyclic) bond motifs is 1. The number of aromatic nitrogens is 1. The Morgan fingerprint density at radius 1 is 1.33 bits per heavy atom. The number of carboxylic acid groups (broad SMARTS) is 1. The highest BCUT2D eigenvalue weighted by Crippen LogP contribution is 2.25. The largest absolute Gasteiger partial charge is 0.480 e. The van der Waals surface area contributed by atoms with Gasteiger partial charge >= 0.3 is 5.97 Å². The van der Waals surface area contributed by atoms with Crippen molar-refractivity contribution in [2.24, 2.45) is 0 Å². The van der Waals surface area contributed by atoms with Crippen LogP contribution in [0, 0.1) is 6.92 Å². The molecule has 6 heteroatoms. The van der Waals surface area contributed by atoms with Gasteiger partial charge in [0.05, 0.1) is 6.61 Å². The molecule has 21 heavy (non-hydrogen) atoms. The number of aliphatic hydroxyl groups excluding tert-OH is 1. The molecule has 112 valence electrons. The lowest BCUT2D eigenvalue weighted by Gasteiger charge is -2.14. The molecule has 3 N–H and O–H groups in total. The van der Waals surface area contributed by atoms with Gasteiger partial charge in [0.25, 0.3) is 5.91 Å². The predicted octanol–water partition coefficient (Wildman–Crippen LogP) is 1.14. The van der Waals surface area contributed by atoms with E-state index in [0.717, 1.165) is 16.5 Å². The Morgan fingerprint density at radius 3 is 2.57 bits per heavy atom. The number of carbonyl (C=O) groups is 2. The zero-order valence-electron chi connectivity index (χ0n) is 12.0. The van der Waals surface area contributed by atoms with E-state index >= 15 is 0 Å². The zero-order chi connectivity index (χ0) is 15.6. The summed E-state index contributed by atoms with van der Waals surface area (Å²) in [6.07, 6.45) is 0. The molecule has 0 aliphatic rings. The topological polar surface area (TPSA) is 91.6 Å². The van der Waals surface area contributed by atoms with Crippen LogP contribution in [0.25, 0.3) is 10.9 Å². The van der Waals surface area contributed by atoms with E-state index in [1.807, 2.05) is 42.7 Å². The number of aliphatic hydroxyl groups is 1. The highest BCUT2D eigenvalue weighted by atomic mass is 16.4. The summed E-state index contributed by atoms with van der Waals surface area (Å²) in [4.78, 5) is 23.3. The van der Waals surface area contributed by atoms with Crippen LogP contribution in [0.15, 0.2) is 24.3 Å². The number of para-hydroxylation sites is 1. The molecule has 2 aromatic rings. The van der Waals surface area contributed by atoms with Gasteiger partial charge in [-0.3, -0.25) is 4.79 Å². The molecule has 0 aliphatic carbocycles. The van der Waals surface area contributed by atoms with Crippen molar-refractivity contribution in [3.63, 3.8) is 0 Å². The second-order valence-electron chi connectivity index (χ2n) is 4.78. The lowest BCUT2D eigenvalue weighted by molar-refractivity contribution is -0.140. The molecular weight excluding hydrogens is 272 g/mol. The monoisotopic (exact) mass is 290 g/mol. The maximum atomic E-state index is 12.4. The number of hydrogen-bond donors (Lipinski definition) is 3. The van der Waals surface area contributed by atoms with Crippen LogP contribution < -0.4 is 5.32 Å². The fourth-order valence-corrected chi connectivity index (χ4v) is 2.51. The summed E-state index contributed by atoms with van der Waals surface area (Å²) in [5, 5.41) is 21.3. The van der Waals surface area contributed by atoms with Gasteiger partial charge in [0.2, 0.25) is 0 Å². The second-order valence-corrected chi connectivity index (χ2v) is 4.78. The molecule has 0 saturated carbocycles. The molecule has 0 fully saturated rings. The Hall–Kier alpha value is -2.34. The smallest absolute Gasteiger partial charge is 0.328 e. The highest BCUT2D eigenvalue weighted by molar-refractivity contribution is 6.02. The highest BCUT2D eigenvalue weighted by Gasteiger charge is 2.24. The van der Waals surface area contributed by atoms with Gasteiger partial charge in [0.15, 0.2) is 6.04 Å². The molecule has 1 aromatic carbocycles. The molecule has 1 atom stereocenters. The first-order valence-electron chi connectivity index (χ1n) is 6.73. The first-order valence-corrected chi connectivity index (χ1v) is 6.73. The summed E-state index contributed by atoms with van der Waals surface area (Å²) >= 11 is 0. The minimum absolute atomic E-state index is 0.429. The van der Waals surface area contributed by atoms with Crippen LogP contribution in [-0.4, -0.2) is 39.3 Å². The molecule has 2 rings (SSSR count). The fourth-order valence-electron chi connectivity index (χ4n) is 2.51. The maximum absolute atomic E-state index is 12.4. The van der Waals surface area contributed by atoms with Crippen molar-refractivity contribution in [2.45, 2.75) is 26.4 Å². The number of carbonyl (C=O) groups excluding carboxylic acids is 1. The quantitative estimate of drug-likeness (QED) is 0.770. The van der Waals surface area contributed by atoms with E-state index in [0.29, 0.717) is 12.2 Å². The Labute approximate surface area is 122 Å². The van der Waals surface area contributed by atoms with Gasteiger partial charge in [-0.05, 0) is 25.5 Å². The number of nitrogens with one attached hydrogen (secondary N) is 1. The number of benzene rings is 1. The van der Waals surface area contributed by atoms with Gasteiger partial charge in [0.1, 0.15) is 5.69 Å². The van der Waals surface area contributed by atoms with Crippen molar-refractivity contribution in [1.82, 2.24) is 9.88 Å². The summed E-state index contributed by atoms with van der Waals surface area (Å²) in [5.41, 5.74) is 2.16. The maximum Gasteiger partial charge on any atom is 0.328 e. The Kier molecular flexibility index (Phi) is 4.28. The number of amides is 1. The molecule has 1 amide bonds.